The van der Waals surface area contributed by atoms with Gasteiger partial charge in [-0.2, -0.15) is 0 Å². The van der Waals surface area contributed by atoms with Crippen molar-refractivity contribution in [3.8, 4) is 0 Å². The van der Waals surface area contributed by atoms with Gasteiger partial charge in [-0.05, 0) is 79.6 Å². The van der Waals surface area contributed by atoms with Crippen LogP contribution in [-0.2, 0) is 4.74 Å². The Morgan fingerprint density at radius 1 is 1.33 bits per heavy atom. The normalized spacial score (nSPS) is 19.8. The van der Waals surface area contributed by atoms with E-state index in [-0.39, 0.29) is 6.09 Å². The molecule has 0 aromatic rings. The van der Waals surface area contributed by atoms with Crippen molar-refractivity contribution in [2.75, 3.05) is 32.7 Å². The molecule has 2 unspecified atom stereocenters. The molecule has 24 heavy (non-hydrogen) atoms. The number of hydrogen-bond acceptors (Lipinski definition) is 4. The van der Waals surface area contributed by atoms with Crippen LogP contribution in [0.4, 0.5) is 4.79 Å². The van der Waals surface area contributed by atoms with Gasteiger partial charge in [-0.25, -0.2) is 4.79 Å². The Hall–Kier alpha value is -0.810. The van der Waals surface area contributed by atoms with Crippen LogP contribution in [0.15, 0.2) is 0 Å². The van der Waals surface area contributed by atoms with Crippen LogP contribution < -0.4 is 5.32 Å². The standard InChI is InChI=1S/C19H39N3O2/c1-7-21(8-2)13-10-12-20-16(3)15-17-11-9-14-22(17)18(23)24-19(4,5)6/h16-17,20H,7-15H2,1-6H3. The van der Waals surface area contributed by atoms with E-state index in [0.29, 0.717) is 12.1 Å². The molecule has 1 N–H and O–H groups in total. The minimum Gasteiger partial charge on any atom is -0.444 e. The lowest BCUT2D eigenvalue weighted by Gasteiger charge is -2.30. The molecule has 1 heterocycles. The van der Waals surface area contributed by atoms with Crippen molar-refractivity contribution in [3.63, 3.8) is 0 Å². The Kier molecular flexibility index (Phi) is 9.06. The maximum atomic E-state index is 12.3. The number of carbonyl (C=O) groups is 1. The molecule has 5 nitrogen and oxygen atoms in total. The molecule has 0 aromatic carbocycles. The van der Waals surface area contributed by atoms with E-state index in [2.05, 4.69) is 31.0 Å². The SMILES string of the molecule is CCN(CC)CCCNC(C)CC1CCCN1C(=O)OC(C)(C)C. The van der Waals surface area contributed by atoms with Crippen LogP contribution in [0.3, 0.4) is 0 Å². The Labute approximate surface area is 149 Å². The lowest BCUT2D eigenvalue weighted by molar-refractivity contribution is 0.0214. The maximum Gasteiger partial charge on any atom is 0.410 e. The topological polar surface area (TPSA) is 44.8 Å². The average Bonchev–Trinajstić information content (AvgIpc) is 2.94. The molecule has 1 aliphatic heterocycles. The monoisotopic (exact) mass is 341 g/mol. The molecule has 142 valence electrons. The molecule has 0 radical (unpaired) electrons. The minimum atomic E-state index is -0.418. The average molecular weight is 342 g/mol. The summed E-state index contributed by atoms with van der Waals surface area (Å²) in [4.78, 5) is 16.7. The second-order valence-electron chi connectivity index (χ2n) is 7.94. The Morgan fingerprint density at radius 2 is 2.00 bits per heavy atom. The van der Waals surface area contributed by atoms with Crippen molar-refractivity contribution in [2.24, 2.45) is 0 Å². The molecule has 2 atom stereocenters. The number of amides is 1. The highest BCUT2D eigenvalue weighted by molar-refractivity contribution is 5.68. The van der Waals surface area contributed by atoms with Crippen molar-refractivity contribution in [3.05, 3.63) is 0 Å². The van der Waals surface area contributed by atoms with Gasteiger partial charge in [0.2, 0.25) is 0 Å². The Bertz CT molecular complexity index is 364. The first-order valence-corrected chi connectivity index (χ1v) is 9.72. The van der Waals surface area contributed by atoms with Crippen LogP contribution in [0.2, 0.25) is 0 Å². The quantitative estimate of drug-likeness (QED) is 0.652. The van der Waals surface area contributed by atoms with E-state index < -0.39 is 5.60 Å². The van der Waals surface area contributed by atoms with Gasteiger partial charge in [0.25, 0.3) is 0 Å². The zero-order valence-corrected chi connectivity index (χ0v) is 16.7. The van der Waals surface area contributed by atoms with Gasteiger partial charge in [0, 0.05) is 18.6 Å². The van der Waals surface area contributed by atoms with E-state index in [1.807, 2.05) is 25.7 Å². The summed E-state index contributed by atoms with van der Waals surface area (Å²) in [5.74, 6) is 0. The molecule has 1 amide bonds. The molecule has 5 heteroatoms. The minimum absolute atomic E-state index is 0.154. The van der Waals surface area contributed by atoms with Crippen molar-refractivity contribution >= 4 is 6.09 Å². The van der Waals surface area contributed by atoms with Crippen molar-refractivity contribution in [1.82, 2.24) is 15.1 Å². The highest BCUT2D eigenvalue weighted by atomic mass is 16.6. The van der Waals surface area contributed by atoms with Crippen LogP contribution in [-0.4, -0.2) is 66.3 Å². The summed E-state index contributed by atoms with van der Waals surface area (Å²) in [7, 11) is 0. The first-order chi connectivity index (χ1) is 11.3. The summed E-state index contributed by atoms with van der Waals surface area (Å²) in [5.41, 5.74) is -0.418. The smallest absolute Gasteiger partial charge is 0.410 e. The van der Waals surface area contributed by atoms with Crippen molar-refractivity contribution in [1.29, 1.82) is 0 Å². The number of nitrogens with zero attached hydrogens (tertiary/aromatic N) is 2. The number of likely N-dealkylation sites (tertiary alicyclic amines) is 1. The molecule has 1 aliphatic rings. The highest BCUT2D eigenvalue weighted by Gasteiger charge is 2.32. The summed E-state index contributed by atoms with van der Waals surface area (Å²) >= 11 is 0. The van der Waals surface area contributed by atoms with E-state index in [0.717, 1.165) is 52.0 Å². The summed E-state index contributed by atoms with van der Waals surface area (Å²) in [6.45, 7) is 17.7. The fraction of sp³-hybridized carbons (Fsp3) is 0.947. The first kappa shape index (κ1) is 21.2. The summed E-state index contributed by atoms with van der Waals surface area (Å²) in [6, 6.07) is 0.736. The van der Waals surface area contributed by atoms with Gasteiger partial charge in [-0.1, -0.05) is 13.8 Å². The van der Waals surface area contributed by atoms with Gasteiger partial charge in [-0.15, -0.1) is 0 Å². The third-order valence-electron chi connectivity index (χ3n) is 4.67. The lowest BCUT2D eigenvalue weighted by atomic mass is 10.1. The molecule has 0 spiro atoms. The molecule has 0 saturated carbocycles. The third kappa shape index (κ3) is 7.84. The number of ether oxygens (including phenoxy) is 1. The fourth-order valence-electron chi connectivity index (χ4n) is 3.32. The molecule has 0 bridgehead atoms. The first-order valence-electron chi connectivity index (χ1n) is 9.72. The van der Waals surface area contributed by atoms with E-state index in [1.54, 1.807) is 0 Å². The van der Waals surface area contributed by atoms with Crippen LogP contribution in [0, 0.1) is 0 Å². The van der Waals surface area contributed by atoms with Gasteiger partial charge in [0.1, 0.15) is 5.60 Å². The number of carbonyl (C=O) groups excluding carboxylic acids is 1. The van der Waals surface area contributed by atoms with Crippen molar-refractivity contribution in [2.45, 2.75) is 84.9 Å². The number of nitrogens with one attached hydrogen (secondary N) is 1. The Balaban J connectivity index is 2.32. The van der Waals surface area contributed by atoms with Gasteiger partial charge < -0.3 is 19.9 Å². The molecule has 1 fully saturated rings. The van der Waals surface area contributed by atoms with E-state index in [4.69, 9.17) is 4.74 Å². The van der Waals surface area contributed by atoms with E-state index >= 15 is 0 Å². The predicted octanol–water partition coefficient (Wildman–Crippen LogP) is 3.49. The maximum absolute atomic E-state index is 12.3. The Morgan fingerprint density at radius 3 is 2.58 bits per heavy atom. The van der Waals surface area contributed by atoms with Crippen molar-refractivity contribution < 1.29 is 9.53 Å². The summed E-state index contributed by atoms with van der Waals surface area (Å²) in [6.07, 6.45) is 4.19. The molecule has 0 aromatic heterocycles. The second-order valence-corrected chi connectivity index (χ2v) is 7.94. The largest absolute Gasteiger partial charge is 0.444 e. The van der Waals surface area contributed by atoms with Crippen LogP contribution in [0.5, 0.6) is 0 Å². The zero-order valence-electron chi connectivity index (χ0n) is 16.7. The van der Waals surface area contributed by atoms with Crippen LogP contribution in [0.25, 0.3) is 0 Å². The molecular weight excluding hydrogens is 302 g/mol. The van der Waals surface area contributed by atoms with Gasteiger partial charge >= 0.3 is 6.09 Å². The summed E-state index contributed by atoms with van der Waals surface area (Å²) in [5, 5.41) is 3.62. The van der Waals surface area contributed by atoms with Crippen LogP contribution >= 0.6 is 0 Å². The predicted molar refractivity (Wildman–Crippen MR) is 100 cm³/mol. The lowest BCUT2D eigenvalue weighted by Crippen LogP contribution is -2.42. The van der Waals surface area contributed by atoms with Crippen LogP contribution in [0.1, 0.15) is 67.2 Å². The molecule has 1 rings (SSSR count). The number of hydrogen-bond donors (Lipinski definition) is 1. The van der Waals surface area contributed by atoms with Gasteiger partial charge in [0.15, 0.2) is 0 Å². The van der Waals surface area contributed by atoms with Gasteiger partial charge in [-0.3, -0.25) is 0 Å². The third-order valence-corrected chi connectivity index (χ3v) is 4.67. The zero-order chi connectivity index (χ0) is 18.2. The molecule has 0 aliphatic carbocycles. The molecular formula is C19H39N3O2. The van der Waals surface area contributed by atoms with E-state index in [9.17, 15) is 4.79 Å². The second kappa shape index (κ2) is 10.2. The highest BCUT2D eigenvalue weighted by Crippen LogP contribution is 2.24. The molecule has 1 saturated heterocycles. The summed E-state index contributed by atoms with van der Waals surface area (Å²) < 4.78 is 5.54. The van der Waals surface area contributed by atoms with E-state index in [1.165, 1.54) is 6.42 Å². The fourth-order valence-corrected chi connectivity index (χ4v) is 3.32. The van der Waals surface area contributed by atoms with Gasteiger partial charge in [0.05, 0.1) is 0 Å². The number of rotatable bonds is 9.